The van der Waals surface area contributed by atoms with Crippen molar-refractivity contribution in [2.75, 3.05) is 6.61 Å². The lowest BCUT2D eigenvalue weighted by molar-refractivity contribution is -0.190. The predicted molar refractivity (Wildman–Crippen MR) is 51.8 cm³/mol. The van der Waals surface area contributed by atoms with Crippen molar-refractivity contribution in [3.05, 3.63) is 11.7 Å². The molecule has 0 aliphatic heterocycles. The van der Waals surface area contributed by atoms with E-state index >= 15 is 0 Å². The molecule has 1 heterocycles. The number of aromatic nitrogens is 2. The molecule has 0 aliphatic carbocycles. The molecule has 2 N–H and O–H groups in total. The number of rotatable bonds is 5. The Kier molecular flexibility index (Phi) is 4.10. The van der Waals surface area contributed by atoms with Crippen molar-refractivity contribution < 1.29 is 22.4 Å². The molecule has 1 aromatic rings. The molecule has 0 spiro atoms. The smallest absolute Gasteiger partial charge is 0.373 e. The van der Waals surface area contributed by atoms with Gasteiger partial charge in [-0.05, 0) is 13.3 Å². The number of halogens is 3. The summed E-state index contributed by atoms with van der Waals surface area (Å²) in [4.78, 5) is 3.57. The van der Waals surface area contributed by atoms with Crippen LogP contribution in [0.15, 0.2) is 4.52 Å². The number of hydrogen-bond acceptors (Lipinski definition) is 5. The average molecular weight is 253 g/mol. The molecule has 1 rings (SSSR count). The van der Waals surface area contributed by atoms with Crippen molar-refractivity contribution in [1.82, 2.24) is 10.1 Å². The van der Waals surface area contributed by atoms with Crippen molar-refractivity contribution in [3.8, 4) is 0 Å². The van der Waals surface area contributed by atoms with E-state index in [4.69, 9.17) is 10.5 Å². The summed E-state index contributed by atoms with van der Waals surface area (Å²) >= 11 is 0. The van der Waals surface area contributed by atoms with Crippen LogP contribution in [-0.2, 0) is 16.9 Å². The largest absolute Gasteiger partial charge is 0.415 e. The molecule has 0 aromatic carbocycles. The first kappa shape index (κ1) is 13.9. The fourth-order valence-electron chi connectivity index (χ4n) is 0.953. The molecule has 17 heavy (non-hydrogen) atoms. The number of nitrogens with two attached hydrogens (primary N) is 1. The van der Waals surface area contributed by atoms with Gasteiger partial charge < -0.3 is 15.0 Å². The minimum absolute atomic E-state index is 0.00524. The van der Waals surface area contributed by atoms with E-state index in [9.17, 15) is 13.2 Å². The quantitative estimate of drug-likeness (QED) is 0.809. The van der Waals surface area contributed by atoms with Crippen molar-refractivity contribution in [2.24, 2.45) is 5.73 Å². The maximum absolute atomic E-state index is 12.6. The number of ether oxygens (including phenoxy) is 1. The highest BCUT2D eigenvalue weighted by molar-refractivity contribution is 5.03. The van der Waals surface area contributed by atoms with Crippen LogP contribution >= 0.6 is 0 Å². The van der Waals surface area contributed by atoms with E-state index in [1.807, 2.05) is 6.92 Å². The first-order valence-corrected chi connectivity index (χ1v) is 5.05. The lowest BCUT2D eigenvalue weighted by Crippen LogP contribution is -2.48. The minimum atomic E-state index is -4.65. The van der Waals surface area contributed by atoms with E-state index in [0.717, 1.165) is 13.3 Å². The van der Waals surface area contributed by atoms with Gasteiger partial charge in [0.25, 0.3) is 5.89 Å². The van der Waals surface area contributed by atoms with Gasteiger partial charge in [0.15, 0.2) is 11.4 Å². The first-order chi connectivity index (χ1) is 7.79. The van der Waals surface area contributed by atoms with Crippen LogP contribution in [0, 0.1) is 0 Å². The SMILES string of the molecule is CCCOCc1noc(C(C)(N)C(F)(F)F)n1. The summed E-state index contributed by atoms with van der Waals surface area (Å²) in [5.41, 5.74) is 2.47. The molecule has 5 nitrogen and oxygen atoms in total. The zero-order chi connectivity index (χ0) is 13.1. The van der Waals surface area contributed by atoms with Gasteiger partial charge in [0.1, 0.15) is 6.61 Å². The molecule has 98 valence electrons. The third-order valence-corrected chi connectivity index (χ3v) is 2.08. The monoisotopic (exact) mass is 253 g/mol. The lowest BCUT2D eigenvalue weighted by atomic mass is 10.0. The average Bonchev–Trinajstić information content (AvgIpc) is 2.65. The van der Waals surface area contributed by atoms with Crippen LogP contribution < -0.4 is 5.73 Å². The van der Waals surface area contributed by atoms with Crippen LogP contribution in [0.25, 0.3) is 0 Å². The Bertz CT molecular complexity index is 363. The van der Waals surface area contributed by atoms with Gasteiger partial charge in [0.05, 0.1) is 0 Å². The zero-order valence-electron chi connectivity index (χ0n) is 9.54. The standard InChI is InChI=1S/C9H14F3N3O2/c1-3-4-16-5-6-14-7(17-15-6)8(2,13)9(10,11)12/h3-5,13H2,1-2H3. The summed E-state index contributed by atoms with van der Waals surface area (Å²) < 4.78 is 47.2. The van der Waals surface area contributed by atoms with Gasteiger partial charge in [-0.2, -0.15) is 18.2 Å². The summed E-state index contributed by atoms with van der Waals surface area (Å²) in [6, 6.07) is 0. The van der Waals surface area contributed by atoms with Gasteiger partial charge in [0, 0.05) is 6.61 Å². The molecule has 8 heteroatoms. The summed E-state index contributed by atoms with van der Waals surface area (Å²) in [5, 5.41) is 3.38. The molecule has 0 amide bonds. The molecular weight excluding hydrogens is 239 g/mol. The summed E-state index contributed by atoms with van der Waals surface area (Å²) in [7, 11) is 0. The Morgan fingerprint density at radius 1 is 1.41 bits per heavy atom. The molecule has 1 unspecified atom stereocenters. The van der Waals surface area contributed by atoms with Crippen LogP contribution in [-0.4, -0.2) is 22.9 Å². The highest BCUT2D eigenvalue weighted by atomic mass is 19.4. The van der Waals surface area contributed by atoms with E-state index in [1.165, 1.54) is 0 Å². The third kappa shape index (κ3) is 3.16. The third-order valence-electron chi connectivity index (χ3n) is 2.08. The van der Waals surface area contributed by atoms with Gasteiger partial charge in [-0.3, -0.25) is 0 Å². The Morgan fingerprint density at radius 3 is 2.59 bits per heavy atom. The second-order valence-corrected chi connectivity index (χ2v) is 3.77. The second kappa shape index (κ2) is 5.01. The topological polar surface area (TPSA) is 74.2 Å². The van der Waals surface area contributed by atoms with E-state index in [-0.39, 0.29) is 12.4 Å². The summed E-state index contributed by atoms with van der Waals surface area (Å²) in [6.07, 6.45) is -3.86. The van der Waals surface area contributed by atoms with Crippen molar-refractivity contribution >= 4 is 0 Å². The molecule has 0 saturated carbocycles. The van der Waals surface area contributed by atoms with Crippen LogP contribution in [0.4, 0.5) is 13.2 Å². The molecule has 0 radical (unpaired) electrons. The van der Waals surface area contributed by atoms with Crippen LogP contribution in [0.5, 0.6) is 0 Å². The Morgan fingerprint density at radius 2 is 2.06 bits per heavy atom. The summed E-state index contributed by atoms with van der Waals surface area (Å²) in [6.45, 7) is 3.16. The Hall–Kier alpha value is -1.15. The molecule has 1 atom stereocenters. The fourth-order valence-corrected chi connectivity index (χ4v) is 0.953. The van der Waals surface area contributed by atoms with E-state index in [0.29, 0.717) is 6.61 Å². The first-order valence-electron chi connectivity index (χ1n) is 5.05. The van der Waals surface area contributed by atoms with Crippen molar-refractivity contribution in [2.45, 2.75) is 38.6 Å². The van der Waals surface area contributed by atoms with Gasteiger partial charge >= 0.3 is 6.18 Å². The lowest BCUT2D eigenvalue weighted by Gasteiger charge is -2.22. The van der Waals surface area contributed by atoms with Gasteiger partial charge in [-0.25, -0.2) is 0 Å². The fraction of sp³-hybridized carbons (Fsp3) is 0.778. The highest BCUT2D eigenvalue weighted by Crippen LogP contribution is 2.35. The molecule has 0 bridgehead atoms. The highest BCUT2D eigenvalue weighted by Gasteiger charge is 2.53. The van der Waals surface area contributed by atoms with Crippen molar-refractivity contribution in [3.63, 3.8) is 0 Å². The van der Waals surface area contributed by atoms with Crippen LogP contribution in [0.2, 0.25) is 0 Å². The molecule has 1 aromatic heterocycles. The van der Waals surface area contributed by atoms with Crippen LogP contribution in [0.3, 0.4) is 0 Å². The minimum Gasteiger partial charge on any atom is -0.373 e. The Balaban J connectivity index is 2.74. The molecule has 0 fully saturated rings. The zero-order valence-corrected chi connectivity index (χ0v) is 9.54. The van der Waals surface area contributed by atoms with Crippen LogP contribution in [0.1, 0.15) is 32.0 Å². The maximum atomic E-state index is 12.6. The van der Waals surface area contributed by atoms with E-state index < -0.39 is 17.6 Å². The number of alkyl halides is 3. The summed E-state index contributed by atoms with van der Waals surface area (Å²) in [5.74, 6) is -0.616. The second-order valence-electron chi connectivity index (χ2n) is 3.77. The molecule has 0 saturated heterocycles. The van der Waals surface area contributed by atoms with Gasteiger partial charge in [-0.15, -0.1) is 0 Å². The number of nitrogens with zero attached hydrogens (tertiary/aromatic N) is 2. The number of hydrogen-bond donors (Lipinski definition) is 1. The Labute approximate surface area is 96.1 Å². The van der Waals surface area contributed by atoms with E-state index in [2.05, 4.69) is 14.7 Å². The van der Waals surface area contributed by atoms with Gasteiger partial charge in [-0.1, -0.05) is 12.1 Å². The van der Waals surface area contributed by atoms with E-state index in [1.54, 1.807) is 0 Å². The van der Waals surface area contributed by atoms with Gasteiger partial charge in [0.2, 0.25) is 0 Å². The molecule has 0 aliphatic rings. The predicted octanol–water partition coefficient (Wildman–Crippen LogP) is 1.73. The normalized spacial score (nSPS) is 15.9. The molecular formula is C9H14F3N3O2. The van der Waals surface area contributed by atoms with Crippen molar-refractivity contribution in [1.29, 1.82) is 0 Å². The maximum Gasteiger partial charge on any atom is 0.415 e.